The van der Waals surface area contributed by atoms with Gasteiger partial charge in [0.15, 0.2) is 0 Å². The summed E-state index contributed by atoms with van der Waals surface area (Å²) < 4.78 is 40.8. The number of alkyl halides is 3. The Bertz CT molecular complexity index is 963. The molecule has 0 radical (unpaired) electrons. The maximum atomic E-state index is 13.6. The van der Waals surface area contributed by atoms with Gasteiger partial charge < -0.3 is 5.11 Å². The Morgan fingerprint density at radius 3 is 2.52 bits per heavy atom. The summed E-state index contributed by atoms with van der Waals surface area (Å²) in [5.41, 5.74) is -3.34. The van der Waals surface area contributed by atoms with Crippen LogP contribution in [0.15, 0.2) is 59.7 Å². The highest BCUT2D eigenvalue weighted by Gasteiger charge is 2.63. The number of carbonyl (C=O) groups is 1. The van der Waals surface area contributed by atoms with Crippen molar-refractivity contribution < 1.29 is 28.0 Å². The monoisotopic (exact) mass is 407 g/mol. The van der Waals surface area contributed by atoms with Crippen LogP contribution in [0, 0.1) is 10.1 Å². The molecule has 0 saturated heterocycles. The molecule has 1 atom stereocenters. The molecule has 1 aliphatic heterocycles. The van der Waals surface area contributed by atoms with Crippen molar-refractivity contribution in [1.29, 1.82) is 0 Å². The fourth-order valence-electron chi connectivity index (χ4n) is 2.99. The normalized spacial score (nSPS) is 19.2. The first-order valence-corrected chi connectivity index (χ1v) is 8.60. The Hall–Kier alpha value is -3.27. The van der Waals surface area contributed by atoms with E-state index in [1.807, 2.05) is 0 Å². The first kappa shape index (κ1) is 20.5. The molecule has 0 aromatic heterocycles. The van der Waals surface area contributed by atoms with Gasteiger partial charge in [0.2, 0.25) is 5.91 Å². The lowest BCUT2D eigenvalue weighted by Crippen LogP contribution is -2.56. The average Bonchev–Trinajstić information content (AvgIpc) is 3.06. The molecule has 3 rings (SSSR count). The molecule has 1 aliphatic rings. The highest BCUT2D eigenvalue weighted by molar-refractivity contribution is 6.04. The fraction of sp³-hybridized carbons (Fsp3) is 0.263. The van der Waals surface area contributed by atoms with Gasteiger partial charge in [-0.3, -0.25) is 14.9 Å². The maximum Gasteiger partial charge on any atom is 0.438 e. The molecule has 0 fully saturated rings. The molecule has 7 nitrogen and oxygen atoms in total. The van der Waals surface area contributed by atoms with E-state index in [1.165, 1.54) is 18.2 Å². The molecule has 152 valence electrons. The van der Waals surface area contributed by atoms with Crippen LogP contribution in [-0.2, 0) is 11.2 Å². The molecular weight excluding hydrogens is 391 g/mol. The van der Waals surface area contributed by atoms with E-state index in [-0.39, 0.29) is 34.8 Å². The topological polar surface area (TPSA) is 96.0 Å². The lowest BCUT2D eigenvalue weighted by Gasteiger charge is -2.32. The first-order chi connectivity index (χ1) is 13.6. The van der Waals surface area contributed by atoms with Gasteiger partial charge in [-0.15, -0.1) is 0 Å². The van der Waals surface area contributed by atoms with Gasteiger partial charge in [0, 0.05) is 24.1 Å². The van der Waals surface area contributed by atoms with Crippen LogP contribution in [0.4, 0.5) is 18.9 Å². The van der Waals surface area contributed by atoms with E-state index in [0.29, 0.717) is 0 Å². The molecule has 0 saturated carbocycles. The second-order valence-corrected chi connectivity index (χ2v) is 6.54. The van der Waals surface area contributed by atoms with Crippen LogP contribution in [0.3, 0.4) is 0 Å². The van der Waals surface area contributed by atoms with Crippen molar-refractivity contribution in [3.63, 3.8) is 0 Å². The number of hydrazone groups is 1. The Kier molecular flexibility index (Phi) is 5.38. The summed E-state index contributed by atoms with van der Waals surface area (Å²) in [6, 6.07) is 13.6. The lowest BCUT2D eigenvalue weighted by molar-refractivity contribution is -0.384. The zero-order valence-electron chi connectivity index (χ0n) is 15.0. The summed E-state index contributed by atoms with van der Waals surface area (Å²) >= 11 is 0. The molecule has 1 N–H and O–H groups in total. The summed E-state index contributed by atoms with van der Waals surface area (Å²) in [5.74, 6) is -1.01. The minimum atomic E-state index is -5.17. The van der Waals surface area contributed by atoms with E-state index < -0.39 is 29.2 Å². The van der Waals surface area contributed by atoms with Crippen LogP contribution >= 0.6 is 0 Å². The molecule has 29 heavy (non-hydrogen) atoms. The third-order valence-electron chi connectivity index (χ3n) is 4.54. The number of nitro groups is 1. The van der Waals surface area contributed by atoms with Crippen molar-refractivity contribution in [2.24, 2.45) is 5.10 Å². The molecule has 0 aliphatic carbocycles. The van der Waals surface area contributed by atoms with Gasteiger partial charge >= 0.3 is 6.18 Å². The summed E-state index contributed by atoms with van der Waals surface area (Å²) in [4.78, 5) is 22.7. The fourth-order valence-corrected chi connectivity index (χ4v) is 2.99. The number of hydrogen-bond donors (Lipinski definition) is 1. The van der Waals surface area contributed by atoms with Crippen LogP contribution in [-0.4, -0.2) is 38.6 Å². The number of nitro benzene ring substituents is 1. The van der Waals surface area contributed by atoms with Crippen molar-refractivity contribution in [3.8, 4) is 0 Å². The molecule has 1 amide bonds. The molecule has 10 heteroatoms. The first-order valence-electron chi connectivity index (χ1n) is 8.60. The smallest absolute Gasteiger partial charge is 0.362 e. The predicted molar refractivity (Wildman–Crippen MR) is 96.9 cm³/mol. The molecular formula is C19H16F3N3O4. The summed E-state index contributed by atoms with van der Waals surface area (Å²) in [6.45, 7) is 0. The Labute approximate surface area is 163 Å². The molecule has 0 spiro atoms. The quantitative estimate of drug-likeness (QED) is 0.607. The summed E-state index contributed by atoms with van der Waals surface area (Å²) in [6.07, 6.45) is -6.31. The van der Waals surface area contributed by atoms with Crippen molar-refractivity contribution in [3.05, 3.63) is 75.8 Å². The van der Waals surface area contributed by atoms with E-state index in [1.54, 1.807) is 30.3 Å². The Morgan fingerprint density at radius 1 is 1.21 bits per heavy atom. The third-order valence-corrected chi connectivity index (χ3v) is 4.54. The number of hydrogen-bond acceptors (Lipinski definition) is 5. The Morgan fingerprint density at radius 2 is 1.90 bits per heavy atom. The molecule has 0 bridgehead atoms. The molecule has 2 aromatic carbocycles. The number of aliphatic hydroxyl groups is 1. The van der Waals surface area contributed by atoms with Crippen molar-refractivity contribution in [2.75, 3.05) is 0 Å². The van der Waals surface area contributed by atoms with Gasteiger partial charge in [-0.25, -0.2) is 0 Å². The van der Waals surface area contributed by atoms with Gasteiger partial charge in [-0.2, -0.15) is 23.3 Å². The number of non-ortho nitro benzene ring substituents is 1. The maximum absolute atomic E-state index is 13.6. The number of nitrogens with zero attached hydrogens (tertiary/aromatic N) is 3. The second-order valence-electron chi connectivity index (χ2n) is 6.54. The molecule has 0 unspecified atom stereocenters. The minimum absolute atomic E-state index is 0.0280. The SMILES string of the molecule is O=C(CCc1ccccc1)N1N=C(c2cccc([N+](=O)[O-])c2)C[C@@]1(O)C(F)(F)F. The molecule has 1 heterocycles. The van der Waals surface area contributed by atoms with E-state index >= 15 is 0 Å². The van der Waals surface area contributed by atoms with E-state index in [4.69, 9.17) is 0 Å². The van der Waals surface area contributed by atoms with Crippen LogP contribution in [0.2, 0.25) is 0 Å². The lowest BCUT2D eigenvalue weighted by atomic mass is 10.00. The van der Waals surface area contributed by atoms with E-state index in [9.17, 15) is 33.2 Å². The van der Waals surface area contributed by atoms with Gasteiger partial charge in [0.25, 0.3) is 11.4 Å². The van der Waals surface area contributed by atoms with Crippen molar-refractivity contribution in [1.82, 2.24) is 5.01 Å². The van der Waals surface area contributed by atoms with Crippen molar-refractivity contribution >= 4 is 17.3 Å². The highest BCUT2D eigenvalue weighted by Crippen LogP contribution is 2.41. The number of carbonyl (C=O) groups excluding carboxylic acids is 1. The highest BCUT2D eigenvalue weighted by atomic mass is 19.4. The molecule has 2 aromatic rings. The zero-order chi connectivity index (χ0) is 21.2. The van der Waals surface area contributed by atoms with Crippen molar-refractivity contribution in [2.45, 2.75) is 31.2 Å². The largest absolute Gasteiger partial charge is 0.438 e. The van der Waals surface area contributed by atoms with Gasteiger partial charge in [0.1, 0.15) is 0 Å². The zero-order valence-corrected chi connectivity index (χ0v) is 15.0. The summed E-state index contributed by atoms with van der Waals surface area (Å²) in [7, 11) is 0. The third kappa shape index (κ3) is 4.11. The average molecular weight is 407 g/mol. The number of rotatable bonds is 5. The van der Waals surface area contributed by atoms with E-state index in [0.717, 1.165) is 11.6 Å². The van der Waals surface area contributed by atoms with Gasteiger partial charge in [-0.05, 0) is 12.0 Å². The number of amides is 1. The van der Waals surface area contributed by atoms with Gasteiger partial charge in [0.05, 0.1) is 17.1 Å². The second kappa shape index (κ2) is 7.63. The van der Waals surface area contributed by atoms with Crippen LogP contribution in [0.25, 0.3) is 0 Å². The number of aryl methyl sites for hydroxylation is 1. The predicted octanol–water partition coefficient (Wildman–Crippen LogP) is 3.41. The van der Waals surface area contributed by atoms with E-state index in [2.05, 4.69) is 5.10 Å². The van der Waals surface area contributed by atoms with Crippen LogP contribution in [0.5, 0.6) is 0 Å². The van der Waals surface area contributed by atoms with Crippen LogP contribution in [0.1, 0.15) is 24.0 Å². The minimum Gasteiger partial charge on any atom is -0.362 e. The van der Waals surface area contributed by atoms with Gasteiger partial charge in [-0.1, -0.05) is 42.5 Å². The summed E-state index contributed by atoms with van der Waals surface area (Å²) in [5, 5.41) is 25.0. The number of halogens is 3. The number of benzene rings is 2. The standard InChI is InChI=1S/C19H16F3N3O4/c20-19(21,22)18(27)12-16(14-7-4-8-15(11-14)25(28)29)23-24(18)17(26)10-9-13-5-2-1-3-6-13/h1-8,11,27H,9-10,12H2/t18-/m1/s1. The van der Waals surface area contributed by atoms with Crippen LogP contribution < -0.4 is 0 Å². The Balaban J connectivity index is 1.89.